The maximum Gasteiger partial charge on any atom is 0.261 e. The largest absolute Gasteiger partial charge is 0.508 e. The number of carbonyl (C=O) groups excluding carboxylic acids is 2. The highest BCUT2D eigenvalue weighted by Gasteiger charge is 2.58. The monoisotopic (exact) mass is 802 g/mol. The lowest BCUT2D eigenvalue weighted by molar-refractivity contribution is -0.122. The van der Waals surface area contributed by atoms with Crippen LogP contribution in [0.15, 0.2) is 156 Å². The van der Waals surface area contributed by atoms with Crippen molar-refractivity contribution in [3.8, 4) is 5.75 Å². The minimum Gasteiger partial charge on any atom is -0.508 e. The topological polar surface area (TPSA) is 88.1 Å². The quantitative estimate of drug-likeness (QED) is 0.0701. The molecule has 3 aliphatic rings. The summed E-state index contributed by atoms with van der Waals surface area (Å²) in [4.78, 5) is 30.6. The van der Waals surface area contributed by atoms with Crippen LogP contribution in [0.25, 0.3) is 6.08 Å². The van der Waals surface area contributed by atoms with Crippen molar-refractivity contribution in [1.82, 2.24) is 0 Å². The Kier molecular flexibility index (Phi) is 11.6. The van der Waals surface area contributed by atoms with Gasteiger partial charge in [0, 0.05) is 17.3 Å². The first kappa shape index (κ1) is 40.2. The van der Waals surface area contributed by atoms with Crippen molar-refractivity contribution in [2.45, 2.75) is 64.5 Å². The summed E-state index contributed by atoms with van der Waals surface area (Å²) < 4.78 is 14.3. The van der Waals surface area contributed by atoms with E-state index >= 15 is 0 Å². The molecule has 2 saturated heterocycles. The number of benzene rings is 5. The van der Waals surface area contributed by atoms with Crippen LogP contribution in [0.3, 0.4) is 0 Å². The summed E-state index contributed by atoms with van der Waals surface area (Å²) in [5.74, 6) is -1.28. The first-order valence-electron chi connectivity index (χ1n) is 20.9. The molecule has 4 atom stereocenters. The molecule has 2 aliphatic heterocycles. The molecule has 0 aromatic heterocycles. The number of amides is 2. The van der Waals surface area contributed by atoms with Gasteiger partial charge in [-0.2, -0.15) is 0 Å². The zero-order valence-electron chi connectivity index (χ0n) is 34.4. The van der Waals surface area contributed by atoms with Gasteiger partial charge >= 0.3 is 0 Å². The number of nitrogens with zero attached hydrogens (tertiary/aromatic N) is 1. The Bertz CT molecular complexity index is 2280. The number of nitrogens with one attached hydrogen (secondary N) is 1. The molecule has 0 unspecified atom stereocenters. The van der Waals surface area contributed by atoms with E-state index in [0.29, 0.717) is 25.3 Å². The van der Waals surface area contributed by atoms with E-state index in [2.05, 4.69) is 99.8 Å². The van der Waals surface area contributed by atoms with Gasteiger partial charge in [0.1, 0.15) is 5.75 Å². The Balaban J connectivity index is 1.14. The van der Waals surface area contributed by atoms with Crippen molar-refractivity contribution >= 4 is 53.6 Å². The Morgan fingerprint density at radius 3 is 1.98 bits per heavy atom. The maximum absolute atomic E-state index is 14.6. The fourth-order valence-electron chi connectivity index (χ4n) is 9.67. The molecule has 8 rings (SSSR count). The summed E-state index contributed by atoms with van der Waals surface area (Å²) in [7, 11) is -2.92. The molecular formula is C51H54N2O5Si. The molecule has 2 fully saturated rings. The van der Waals surface area contributed by atoms with Gasteiger partial charge < -0.3 is 19.6 Å². The average Bonchev–Trinajstić information content (AvgIpc) is 3.78. The van der Waals surface area contributed by atoms with Crippen LogP contribution >= 0.6 is 0 Å². The predicted molar refractivity (Wildman–Crippen MR) is 240 cm³/mol. The fraction of sp³-hybridized carbons (Fsp3) is 0.294. The van der Waals surface area contributed by atoms with Crippen molar-refractivity contribution in [2.24, 2.45) is 17.8 Å². The Morgan fingerprint density at radius 1 is 0.797 bits per heavy atom. The van der Waals surface area contributed by atoms with E-state index in [1.807, 2.05) is 66.7 Å². The standard InChI is InChI=1S/C51H54N2O5Si/c1-5-35(31-36-21-28-41(54)29-22-36)23-30-46-47-37(33-58-59(51(2,3)4,42-17-11-7-12-18-42)43-19-13-8-14-20-43)32-44-48(45(47)34-57-46)50(56)53(49(44)55)40-26-24-39(25-27-40)52-38-15-9-6-10-16-38/h6-22,24-29,31,44-46,48,52,54H,5,23,30,32-34H2,1-4H3/b35-31+/t44-,45+,46-,48-/m1/s1. The van der Waals surface area contributed by atoms with E-state index in [9.17, 15) is 14.7 Å². The number of ether oxygens (including phenoxy) is 1. The lowest BCUT2D eigenvalue weighted by atomic mass is 9.69. The first-order chi connectivity index (χ1) is 28.6. The normalized spacial score (nSPS) is 20.8. The number of phenols is 1. The molecule has 0 radical (unpaired) electrons. The number of aromatic hydroxyl groups is 1. The third-order valence-electron chi connectivity index (χ3n) is 12.5. The number of fused-ring (bicyclic) bond motifs is 3. The number of imide groups is 1. The molecule has 5 aromatic carbocycles. The zero-order chi connectivity index (χ0) is 41.1. The van der Waals surface area contributed by atoms with Crippen LogP contribution < -0.4 is 20.6 Å². The molecule has 2 heterocycles. The molecule has 2 N–H and O–H groups in total. The number of carbonyl (C=O) groups is 2. The summed E-state index contributed by atoms with van der Waals surface area (Å²) in [5, 5.41) is 15.4. The number of allylic oxidation sites excluding steroid dienone is 1. The van der Waals surface area contributed by atoms with Gasteiger partial charge in [0.25, 0.3) is 8.32 Å². The smallest absolute Gasteiger partial charge is 0.261 e. The Hall–Kier alpha value is -5.54. The van der Waals surface area contributed by atoms with Gasteiger partial charge in [-0.15, -0.1) is 0 Å². The van der Waals surface area contributed by atoms with Crippen LogP contribution in [-0.2, 0) is 18.8 Å². The van der Waals surface area contributed by atoms with E-state index in [4.69, 9.17) is 9.16 Å². The SMILES string of the molecule is CC/C(=C\c1ccc(O)cc1)CC[C@H]1OC[C@H]2C1=C(CO[Si](c1ccccc1)(c1ccccc1)C(C)(C)C)C[C@H]1C(=O)N(c3ccc(Nc4ccccc4)cc3)C(=O)[C@H]12. The Labute approximate surface area is 349 Å². The van der Waals surface area contributed by atoms with Crippen molar-refractivity contribution in [3.05, 3.63) is 162 Å². The number of phenolic OH excluding ortho intramolecular Hbond substituents is 1. The second-order valence-corrected chi connectivity index (χ2v) is 21.4. The molecule has 59 heavy (non-hydrogen) atoms. The van der Waals surface area contributed by atoms with E-state index in [-0.39, 0.29) is 34.6 Å². The van der Waals surface area contributed by atoms with Crippen molar-refractivity contribution < 1.29 is 23.9 Å². The third-order valence-corrected chi connectivity index (χ3v) is 17.5. The zero-order valence-corrected chi connectivity index (χ0v) is 35.4. The molecule has 5 aromatic rings. The predicted octanol–water partition coefficient (Wildman–Crippen LogP) is 9.81. The van der Waals surface area contributed by atoms with Crippen LogP contribution in [0, 0.1) is 17.8 Å². The summed E-state index contributed by atoms with van der Waals surface area (Å²) in [6.45, 7) is 9.75. The van der Waals surface area contributed by atoms with Gasteiger partial charge in [-0.3, -0.25) is 14.5 Å². The molecule has 0 saturated carbocycles. The van der Waals surface area contributed by atoms with E-state index in [1.54, 1.807) is 12.1 Å². The highest BCUT2D eigenvalue weighted by molar-refractivity contribution is 6.99. The van der Waals surface area contributed by atoms with Crippen molar-refractivity contribution in [2.75, 3.05) is 23.4 Å². The molecule has 1 aliphatic carbocycles. The third kappa shape index (κ3) is 7.97. The lowest BCUT2D eigenvalue weighted by Crippen LogP contribution is -2.66. The van der Waals surface area contributed by atoms with Crippen LogP contribution in [-0.4, -0.2) is 44.6 Å². The minimum atomic E-state index is -2.92. The van der Waals surface area contributed by atoms with Gasteiger partial charge in [0.2, 0.25) is 11.8 Å². The molecular weight excluding hydrogens is 749 g/mol. The summed E-state index contributed by atoms with van der Waals surface area (Å²) in [6.07, 6.45) is 4.90. The summed E-state index contributed by atoms with van der Waals surface area (Å²) >= 11 is 0. The van der Waals surface area contributed by atoms with Gasteiger partial charge in [-0.1, -0.05) is 130 Å². The van der Waals surface area contributed by atoms with E-state index in [0.717, 1.165) is 47.3 Å². The molecule has 0 spiro atoms. The number of para-hydroxylation sites is 1. The number of rotatable bonds is 13. The van der Waals surface area contributed by atoms with Crippen LogP contribution in [0.5, 0.6) is 5.75 Å². The first-order valence-corrected chi connectivity index (χ1v) is 22.8. The second-order valence-electron chi connectivity index (χ2n) is 17.1. The van der Waals surface area contributed by atoms with Gasteiger partial charge in [-0.05, 0) is 106 Å². The van der Waals surface area contributed by atoms with E-state index in [1.165, 1.54) is 20.8 Å². The van der Waals surface area contributed by atoms with Crippen molar-refractivity contribution in [3.63, 3.8) is 0 Å². The molecule has 8 heteroatoms. The summed E-state index contributed by atoms with van der Waals surface area (Å²) in [6, 6.07) is 46.1. The van der Waals surface area contributed by atoms with Crippen LogP contribution in [0.4, 0.5) is 17.1 Å². The van der Waals surface area contributed by atoms with Gasteiger partial charge in [0.05, 0.1) is 36.8 Å². The second kappa shape index (κ2) is 17.0. The van der Waals surface area contributed by atoms with E-state index < -0.39 is 20.2 Å². The average molecular weight is 803 g/mol. The number of hydrogen-bond donors (Lipinski definition) is 2. The fourth-order valence-corrected chi connectivity index (χ4v) is 14.2. The highest BCUT2D eigenvalue weighted by atomic mass is 28.4. The number of hydrogen-bond acceptors (Lipinski definition) is 6. The van der Waals surface area contributed by atoms with Gasteiger partial charge in [-0.25, -0.2) is 0 Å². The Morgan fingerprint density at radius 2 is 1.39 bits per heavy atom. The molecule has 302 valence electrons. The molecule has 0 bridgehead atoms. The molecule has 2 amide bonds. The maximum atomic E-state index is 14.6. The summed E-state index contributed by atoms with van der Waals surface area (Å²) in [5.41, 5.74) is 6.99. The minimum absolute atomic E-state index is 0.149. The van der Waals surface area contributed by atoms with Gasteiger partial charge in [0.15, 0.2) is 0 Å². The highest BCUT2D eigenvalue weighted by Crippen LogP contribution is 2.51. The van der Waals surface area contributed by atoms with Crippen molar-refractivity contribution in [1.29, 1.82) is 0 Å². The molecule has 7 nitrogen and oxygen atoms in total. The van der Waals surface area contributed by atoms with Crippen LogP contribution in [0.2, 0.25) is 5.04 Å². The number of anilines is 3. The van der Waals surface area contributed by atoms with Crippen LogP contribution in [0.1, 0.15) is 58.9 Å². The lowest BCUT2D eigenvalue weighted by Gasteiger charge is -2.44.